The van der Waals surface area contributed by atoms with Crippen molar-refractivity contribution in [2.75, 3.05) is 0 Å². The Bertz CT molecular complexity index is 795. The summed E-state index contributed by atoms with van der Waals surface area (Å²) in [4.78, 5) is 0. The lowest BCUT2D eigenvalue weighted by molar-refractivity contribution is 0.477. The van der Waals surface area contributed by atoms with Crippen LogP contribution in [-0.4, -0.2) is 0 Å². The van der Waals surface area contributed by atoms with E-state index in [0.29, 0.717) is 5.02 Å². The Morgan fingerprint density at radius 2 is 1.76 bits per heavy atom. The van der Waals surface area contributed by atoms with Crippen LogP contribution >= 0.6 is 11.6 Å². The lowest BCUT2D eigenvalue weighted by Crippen LogP contribution is -2.28. The number of hydrogen-bond donors (Lipinski definition) is 2. The molecule has 0 saturated heterocycles. The van der Waals surface area contributed by atoms with Gasteiger partial charge in [0.1, 0.15) is 17.4 Å². The summed E-state index contributed by atoms with van der Waals surface area (Å²) in [5, 5.41) is 1.74. The number of fused-ring (bicyclic) bond motifs is 1. The summed E-state index contributed by atoms with van der Waals surface area (Å²) in [5.41, 5.74) is 6.85. The first-order valence-corrected chi connectivity index (χ1v) is 7.18. The first-order valence-electron chi connectivity index (χ1n) is 6.81. The molecule has 3 aromatic rings. The Labute approximate surface area is 128 Å². The molecule has 21 heavy (non-hydrogen) atoms. The Hall–Kier alpha value is -1.81. The molecule has 0 fully saturated rings. The zero-order valence-corrected chi connectivity index (χ0v) is 12.7. The van der Waals surface area contributed by atoms with Crippen LogP contribution in [0.4, 0.5) is 0 Å². The Morgan fingerprint density at radius 1 is 1.05 bits per heavy atom. The maximum Gasteiger partial charge on any atom is 0.134 e. The monoisotopic (exact) mass is 300 g/mol. The SMILES string of the molecule is Cc1ccc(C(NN)c2cc3cc(C)ccc3o2)c(Cl)c1. The van der Waals surface area contributed by atoms with Gasteiger partial charge in [0.05, 0.1) is 0 Å². The molecule has 0 spiro atoms. The van der Waals surface area contributed by atoms with E-state index in [1.165, 1.54) is 5.56 Å². The van der Waals surface area contributed by atoms with E-state index in [0.717, 1.165) is 27.9 Å². The zero-order chi connectivity index (χ0) is 15.0. The molecule has 3 rings (SSSR count). The molecule has 0 radical (unpaired) electrons. The minimum atomic E-state index is -0.272. The zero-order valence-electron chi connectivity index (χ0n) is 12.0. The van der Waals surface area contributed by atoms with E-state index >= 15 is 0 Å². The van der Waals surface area contributed by atoms with E-state index in [4.69, 9.17) is 21.9 Å². The predicted molar refractivity (Wildman–Crippen MR) is 86.3 cm³/mol. The molecule has 1 aromatic heterocycles. The van der Waals surface area contributed by atoms with Crippen LogP contribution in [0.2, 0.25) is 5.02 Å². The third-order valence-electron chi connectivity index (χ3n) is 3.61. The summed E-state index contributed by atoms with van der Waals surface area (Å²) in [7, 11) is 0. The quantitative estimate of drug-likeness (QED) is 0.561. The Morgan fingerprint density at radius 3 is 2.48 bits per heavy atom. The summed E-state index contributed by atoms with van der Waals surface area (Å²) in [6.45, 7) is 4.06. The second-order valence-corrected chi connectivity index (χ2v) is 5.72. The topological polar surface area (TPSA) is 51.2 Å². The molecule has 0 aliphatic heterocycles. The molecular formula is C17H17ClN2O. The van der Waals surface area contributed by atoms with Crippen molar-refractivity contribution in [2.45, 2.75) is 19.9 Å². The van der Waals surface area contributed by atoms with Crippen molar-refractivity contribution in [1.29, 1.82) is 0 Å². The van der Waals surface area contributed by atoms with Gasteiger partial charge in [0.25, 0.3) is 0 Å². The standard InChI is InChI=1S/C17H17ClN2O/c1-10-4-6-15-12(7-10)9-16(21-15)17(20-19)13-5-3-11(2)8-14(13)18/h3-9,17,20H,19H2,1-2H3. The Balaban J connectivity index is 2.09. The highest BCUT2D eigenvalue weighted by Gasteiger charge is 2.19. The van der Waals surface area contributed by atoms with Crippen LogP contribution in [0.1, 0.15) is 28.5 Å². The minimum absolute atomic E-state index is 0.272. The van der Waals surface area contributed by atoms with Crippen LogP contribution in [0.25, 0.3) is 11.0 Å². The number of hydrogen-bond acceptors (Lipinski definition) is 3. The molecule has 0 amide bonds. The molecule has 0 aliphatic rings. The second-order valence-electron chi connectivity index (χ2n) is 5.31. The molecule has 2 aromatic carbocycles. The van der Waals surface area contributed by atoms with Gasteiger partial charge < -0.3 is 4.42 Å². The number of nitrogens with one attached hydrogen (secondary N) is 1. The number of rotatable bonds is 3. The highest BCUT2D eigenvalue weighted by atomic mass is 35.5. The van der Waals surface area contributed by atoms with Gasteiger partial charge in [-0.1, -0.05) is 35.4 Å². The first-order chi connectivity index (χ1) is 10.1. The van der Waals surface area contributed by atoms with E-state index in [1.807, 2.05) is 43.3 Å². The van der Waals surface area contributed by atoms with Crippen molar-refractivity contribution in [1.82, 2.24) is 5.43 Å². The van der Waals surface area contributed by atoms with E-state index in [-0.39, 0.29) is 6.04 Å². The van der Waals surface area contributed by atoms with Crippen LogP contribution < -0.4 is 11.3 Å². The van der Waals surface area contributed by atoms with Gasteiger partial charge in [0.15, 0.2) is 0 Å². The van der Waals surface area contributed by atoms with Gasteiger partial charge in [-0.3, -0.25) is 5.84 Å². The molecule has 0 bridgehead atoms. The second kappa shape index (κ2) is 5.53. The highest BCUT2D eigenvalue weighted by molar-refractivity contribution is 6.31. The fraction of sp³-hybridized carbons (Fsp3) is 0.176. The molecule has 0 aliphatic carbocycles. The number of hydrazine groups is 1. The molecular weight excluding hydrogens is 284 g/mol. The summed E-state index contributed by atoms with van der Waals surface area (Å²) in [6, 6.07) is 13.7. The summed E-state index contributed by atoms with van der Waals surface area (Å²) in [6.07, 6.45) is 0. The molecule has 3 N–H and O–H groups in total. The smallest absolute Gasteiger partial charge is 0.134 e. The lowest BCUT2D eigenvalue weighted by Gasteiger charge is -2.15. The molecule has 1 heterocycles. The van der Waals surface area contributed by atoms with E-state index in [9.17, 15) is 0 Å². The van der Waals surface area contributed by atoms with E-state index in [1.54, 1.807) is 0 Å². The third kappa shape index (κ3) is 2.68. The van der Waals surface area contributed by atoms with Crippen molar-refractivity contribution in [3.05, 3.63) is 69.9 Å². The normalized spacial score (nSPS) is 12.8. The van der Waals surface area contributed by atoms with Gasteiger partial charge in [-0.2, -0.15) is 0 Å². The van der Waals surface area contributed by atoms with Gasteiger partial charge in [0, 0.05) is 10.4 Å². The molecule has 108 valence electrons. The number of nitrogens with two attached hydrogens (primary N) is 1. The molecule has 4 heteroatoms. The number of aryl methyl sites for hydroxylation is 2. The summed E-state index contributed by atoms with van der Waals surface area (Å²) >= 11 is 6.34. The fourth-order valence-corrected chi connectivity index (χ4v) is 2.86. The summed E-state index contributed by atoms with van der Waals surface area (Å²) in [5.74, 6) is 6.48. The van der Waals surface area contributed by atoms with Crippen molar-refractivity contribution >= 4 is 22.6 Å². The van der Waals surface area contributed by atoms with E-state index in [2.05, 4.69) is 18.4 Å². The summed E-state index contributed by atoms with van der Waals surface area (Å²) < 4.78 is 5.91. The molecule has 1 atom stereocenters. The van der Waals surface area contributed by atoms with Crippen LogP contribution in [0.3, 0.4) is 0 Å². The average molecular weight is 301 g/mol. The molecule has 3 nitrogen and oxygen atoms in total. The largest absolute Gasteiger partial charge is 0.459 e. The maximum absolute atomic E-state index is 6.34. The van der Waals surface area contributed by atoms with Crippen LogP contribution in [0.15, 0.2) is 46.9 Å². The Kier molecular flexibility index (Phi) is 3.72. The van der Waals surface area contributed by atoms with Crippen molar-refractivity contribution in [3.63, 3.8) is 0 Å². The van der Waals surface area contributed by atoms with Gasteiger partial charge in [0.2, 0.25) is 0 Å². The highest BCUT2D eigenvalue weighted by Crippen LogP contribution is 2.32. The van der Waals surface area contributed by atoms with E-state index < -0.39 is 0 Å². The first kappa shape index (κ1) is 14.1. The van der Waals surface area contributed by atoms with Crippen LogP contribution in [0.5, 0.6) is 0 Å². The van der Waals surface area contributed by atoms with Gasteiger partial charge in [-0.25, -0.2) is 5.43 Å². The van der Waals surface area contributed by atoms with Crippen LogP contribution in [0, 0.1) is 13.8 Å². The molecule has 0 saturated carbocycles. The fourth-order valence-electron chi connectivity index (χ4n) is 2.52. The van der Waals surface area contributed by atoms with Gasteiger partial charge in [-0.05, 0) is 49.2 Å². The average Bonchev–Trinajstić information content (AvgIpc) is 2.84. The maximum atomic E-state index is 6.34. The van der Waals surface area contributed by atoms with Crippen molar-refractivity contribution < 1.29 is 4.42 Å². The number of furan rings is 1. The lowest BCUT2D eigenvalue weighted by atomic mass is 10.0. The number of halogens is 1. The van der Waals surface area contributed by atoms with Crippen LogP contribution in [-0.2, 0) is 0 Å². The van der Waals surface area contributed by atoms with Crippen molar-refractivity contribution in [3.8, 4) is 0 Å². The minimum Gasteiger partial charge on any atom is -0.459 e. The number of benzene rings is 2. The molecule has 1 unspecified atom stereocenters. The van der Waals surface area contributed by atoms with Gasteiger partial charge >= 0.3 is 0 Å². The third-order valence-corrected chi connectivity index (χ3v) is 3.94. The van der Waals surface area contributed by atoms with Gasteiger partial charge in [-0.15, -0.1) is 0 Å². The predicted octanol–water partition coefficient (Wildman–Crippen LogP) is 4.26. The van der Waals surface area contributed by atoms with Crippen molar-refractivity contribution in [2.24, 2.45) is 5.84 Å².